The molecule has 0 aliphatic heterocycles. The molecule has 0 bridgehead atoms. The summed E-state index contributed by atoms with van der Waals surface area (Å²) in [5.41, 5.74) is 6.92. The number of hydrogen-bond donors (Lipinski definition) is 2. The lowest BCUT2D eigenvalue weighted by Crippen LogP contribution is -2.43. The van der Waals surface area contributed by atoms with E-state index < -0.39 is 0 Å². The van der Waals surface area contributed by atoms with E-state index in [1.54, 1.807) is 25.3 Å². The Morgan fingerprint density at radius 3 is 2.47 bits per heavy atom. The first kappa shape index (κ1) is 15.3. The number of anilines is 2. The Bertz CT molecular complexity index is 436. The molecule has 0 saturated carbocycles. The van der Waals surface area contributed by atoms with Crippen molar-refractivity contribution in [1.82, 2.24) is 4.90 Å². The van der Waals surface area contributed by atoms with Crippen LogP contribution in [0.25, 0.3) is 0 Å². The maximum absolute atomic E-state index is 12.3. The molecule has 0 spiro atoms. The molecule has 0 fully saturated rings. The van der Waals surface area contributed by atoms with E-state index >= 15 is 0 Å². The van der Waals surface area contributed by atoms with Crippen LogP contribution in [0.15, 0.2) is 18.2 Å². The Morgan fingerprint density at radius 1 is 1.37 bits per heavy atom. The minimum Gasteiger partial charge on any atom is -0.494 e. The average molecular weight is 265 g/mol. The van der Waals surface area contributed by atoms with Gasteiger partial charge in [0.05, 0.1) is 18.8 Å². The van der Waals surface area contributed by atoms with Crippen molar-refractivity contribution in [3.8, 4) is 5.75 Å². The molecule has 0 radical (unpaired) electrons. The summed E-state index contributed by atoms with van der Waals surface area (Å²) in [6.07, 6.45) is 0. The number of carbonyl (C=O) groups is 1. The van der Waals surface area contributed by atoms with E-state index in [4.69, 9.17) is 10.5 Å². The van der Waals surface area contributed by atoms with Crippen LogP contribution in [0.3, 0.4) is 0 Å². The van der Waals surface area contributed by atoms with Gasteiger partial charge in [-0.25, -0.2) is 0 Å². The highest BCUT2D eigenvalue weighted by molar-refractivity contribution is 5.96. The number of benzene rings is 1. The summed E-state index contributed by atoms with van der Waals surface area (Å²) in [6, 6.07) is 4.98. The van der Waals surface area contributed by atoms with Crippen molar-refractivity contribution in [2.75, 3.05) is 32.3 Å². The zero-order valence-corrected chi connectivity index (χ0v) is 12.2. The van der Waals surface area contributed by atoms with Crippen LogP contribution in [0.4, 0.5) is 11.4 Å². The number of nitrogens with zero attached hydrogens (tertiary/aromatic N) is 1. The highest BCUT2D eigenvalue weighted by Crippen LogP contribution is 2.27. The summed E-state index contributed by atoms with van der Waals surface area (Å²) in [5.74, 6) is 0.729. The number of nitrogens with two attached hydrogens (primary N) is 1. The molecule has 5 heteroatoms. The Balaban J connectivity index is 2.92. The third-order valence-electron chi connectivity index (χ3n) is 2.94. The number of nitrogen functional groups attached to an aromatic ring is 1. The maximum Gasteiger partial charge on any atom is 0.242 e. The summed E-state index contributed by atoms with van der Waals surface area (Å²) in [7, 11) is 5.34. The van der Waals surface area contributed by atoms with E-state index in [2.05, 4.69) is 5.32 Å². The van der Waals surface area contributed by atoms with Crippen LogP contribution >= 0.6 is 0 Å². The number of nitrogens with one attached hydrogen (secondary N) is 1. The molecular formula is C14H23N3O2. The molecular weight excluding hydrogens is 242 g/mol. The van der Waals surface area contributed by atoms with Gasteiger partial charge in [0.25, 0.3) is 0 Å². The topological polar surface area (TPSA) is 67.6 Å². The number of likely N-dealkylation sites (N-methyl/N-ethyl adjacent to an activating group) is 1. The van der Waals surface area contributed by atoms with Crippen molar-refractivity contribution in [1.29, 1.82) is 0 Å². The molecule has 1 rings (SSSR count). The van der Waals surface area contributed by atoms with Crippen LogP contribution < -0.4 is 15.8 Å². The van der Waals surface area contributed by atoms with Crippen LogP contribution in [0, 0.1) is 5.92 Å². The van der Waals surface area contributed by atoms with Gasteiger partial charge in [0.15, 0.2) is 0 Å². The summed E-state index contributed by atoms with van der Waals surface area (Å²) in [4.78, 5) is 14.2. The van der Waals surface area contributed by atoms with Gasteiger partial charge in [-0.15, -0.1) is 0 Å². The first-order valence-corrected chi connectivity index (χ1v) is 6.27. The molecule has 1 aromatic rings. The van der Waals surface area contributed by atoms with E-state index in [-0.39, 0.29) is 17.9 Å². The third kappa shape index (κ3) is 3.86. The Hall–Kier alpha value is -1.75. The summed E-state index contributed by atoms with van der Waals surface area (Å²) < 4.78 is 5.22. The number of rotatable bonds is 5. The second kappa shape index (κ2) is 6.43. The first-order chi connectivity index (χ1) is 8.86. The van der Waals surface area contributed by atoms with Gasteiger partial charge in [0, 0.05) is 11.8 Å². The monoisotopic (exact) mass is 265 g/mol. The minimum atomic E-state index is -0.192. The lowest BCUT2D eigenvalue weighted by molar-refractivity contribution is -0.121. The fraction of sp³-hybridized carbons (Fsp3) is 0.500. The number of hydrogen-bond acceptors (Lipinski definition) is 4. The molecule has 3 N–H and O–H groups in total. The molecule has 1 aromatic carbocycles. The van der Waals surface area contributed by atoms with Crippen molar-refractivity contribution in [2.45, 2.75) is 19.9 Å². The molecule has 0 heterocycles. The van der Waals surface area contributed by atoms with Crippen LogP contribution in [0.5, 0.6) is 5.75 Å². The molecule has 106 valence electrons. The van der Waals surface area contributed by atoms with Gasteiger partial charge in [0.1, 0.15) is 5.75 Å². The fourth-order valence-electron chi connectivity index (χ4n) is 2.15. The van der Waals surface area contributed by atoms with Crippen molar-refractivity contribution in [3.05, 3.63) is 18.2 Å². The third-order valence-corrected chi connectivity index (χ3v) is 2.94. The quantitative estimate of drug-likeness (QED) is 0.797. The first-order valence-electron chi connectivity index (χ1n) is 6.27. The number of ether oxygens (including phenoxy) is 1. The Morgan fingerprint density at radius 2 is 2.00 bits per heavy atom. The van der Waals surface area contributed by atoms with Crippen molar-refractivity contribution >= 4 is 17.3 Å². The lowest BCUT2D eigenvalue weighted by Gasteiger charge is -2.27. The fourth-order valence-corrected chi connectivity index (χ4v) is 2.15. The Kier molecular flexibility index (Phi) is 5.18. The van der Waals surface area contributed by atoms with Crippen LogP contribution in [-0.4, -0.2) is 38.1 Å². The van der Waals surface area contributed by atoms with E-state index in [1.807, 2.05) is 32.8 Å². The summed E-state index contributed by atoms with van der Waals surface area (Å²) in [5, 5.41) is 2.89. The average Bonchev–Trinajstić information content (AvgIpc) is 2.30. The molecule has 1 atom stereocenters. The number of amides is 1. The van der Waals surface area contributed by atoms with E-state index in [1.165, 1.54) is 0 Å². The molecule has 19 heavy (non-hydrogen) atoms. The second-order valence-electron chi connectivity index (χ2n) is 5.10. The van der Waals surface area contributed by atoms with Crippen molar-refractivity contribution < 1.29 is 9.53 Å². The lowest BCUT2D eigenvalue weighted by atomic mass is 10.0. The summed E-state index contributed by atoms with van der Waals surface area (Å²) in [6.45, 7) is 4.04. The van der Waals surface area contributed by atoms with Crippen LogP contribution in [0.1, 0.15) is 13.8 Å². The number of carbonyl (C=O) groups excluding carboxylic acids is 1. The van der Waals surface area contributed by atoms with Gasteiger partial charge in [-0.2, -0.15) is 0 Å². The highest BCUT2D eigenvalue weighted by Gasteiger charge is 2.24. The van der Waals surface area contributed by atoms with E-state index in [9.17, 15) is 4.79 Å². The number of methoxy groups -OCH3 is 1. The van der Waals surface area contributed by atoms with Gasteiger partial charge in [-0.1, -0.05) is 13.8 Å². The molecule has 1 amide bonds. The SMILES string of the molecule is COc1cc(N)ccc1NC(=O)C(C(C)C)N(C)C. The molecule has 0 saturated heterocycles. The highest BCUT2D eigenvalue weighted by atomic mass is 16.5. The van der Waals surface area contributed by atoms with Gasteiger partial charge in [0.2, 0.25) is 5.91 Å². The van der Waals surface area contributed by atoms with E-state index in [0.717, 1.165) is 0 Å². The minimum absolute atomic E-state index is 0.0527. The normalized spacial score (nSPS) is 12.6. The molecule has 5 nitrogen and oxygen atoms in total. The van der Waals surface area contributed by atoms with Gasteiger partial charge < -0.3 is 15.8 Å². The summed E-state index contributed by atoms with van der Waals surface area (Å²) >= 11 is 0. The predicted molar refractivity (Wildman–Crippen MR) is 78.3 cm³/mol. The van der Waals surface area contributed by atoms with Crippen LogP contribution in [0.2, 0.25) is 0 Å². The van der Waals surface area contributed by atoms with Crippen LogP contribution in [-0.2, 0) is 4.79 Å². The largest absolute Gasteiger partial charge is 0.494 e. The van der Waals surface area contributed by atoms with Crippen molar-refractivity contribution in [2.24, 2.45) is 5.92 Å². The molecule has 0 aromatic heterocycles. The smallest absolute Gasteiger partial charge is 0.242 e. The molecule has 0 aliphatic carbocycles. The van der Waals surface area contributed by atoms with Gasteiger partial charge in [-0.05, 0) is 32.1 Å². The predicted octanol–water partition coefficient (Wildman–Crippen LogP) is 1.80. The zero-order valence-electron chi connectivity index (χ0n) is 12.2. The molecule has 0 aliphatic rings. The maximum atomic E-state index is 12.3. The zero-order chi connectivity index (χ0) is 14.6. The van der Waals surface area contributed by atoms with Gasteiger partial charge in [-0.3, -0.25) is 9.69 Å². The Labute approximate surface area is 114 Å². The molecule has 1 unspecified atom stereocenters. The van der Waals surface area contributed by atoms with E-state index in [0.29, 0.717) is 17.1 Å². The van der Waals surface area contributed by atoms with Gasteiger partial charge >= 0.3 is 0 Å². The second-order valence-corrected chi connectivity index (χ2v) is 5.10. The van der Waals surface area contributed by atoms with Crippen molar-refractivity contribution in [3.63, 3.8) is 0 Å². The standard InChI is InChI=1S/C14H23N3O2/c1-9(2)13(17(3)4)14(18)16-11-7-6-10(15)8-12(11)19-5/h6-9,13H,15H2,1-5H3,(H,16,18).